The van der Waals surface area contributed by atoms with Gasteiger partial charge in [-0.15, -0.1) is 0 Å². The molecule has 0 aliphatic rings. The Bertz CT molecular complexity index is 949. The van der Waals surface area contributed by atoms with Crippen LogP contribution in [0.3, 0.4) is 0 Å². The third-order valence-corrected chi connectivity index (χ3v) is 3.68. The number of methoxy groups -OCH3 is 2. The van der Waals surface area contributed by atoms with Crippen LogP contribution >= 0.6 is 12.2 Å². The molecule has 8 nitrogen and oxygen atoms in total. The van der Waals surface area contributed by atoms with Gasteiger partial charge < -0.3 is 14.8 Å². The fraction of sp³-hybridized carbons (Fsp3) is 0.111. The SMILES string of the molecule is COc1ccc(C=CC(=O)NC(=S)Nc2cc([N+](=O)[O-])ccc2F)cc1OC. The molecule has 0 atom stereocenters. The van der Waals surface area contributed by atoms with Gasteiger partial charge in [-0.05, 0) is 42.1 Å². The first-order valence-corrected chi connectivity index (χ1v) is 8.21. The van der Waals surface area contributed by atoms with Crippen LogP contribution < -0.4 is 20.1 Å². The maximum absolute atomic E-state index is 13.7. The Morgan fingerprint density at radius 3 is 2.54 bits per heavy atom. The number of hydrogen-bond acceptors (Lipinski definition) is 6. The molecule has 0 saturated carbocycles. The van der Waals surface area contributed by atoms with Crippen molar-refractivity contribution in [3.8, 4) is 11.5 Å². The summed E-state index contributed by atoms with van der Waals surface area (Å²) < 4.78 is 24.1. The molecule has 0 aliphatic carbocycles. The highest BCUT2D eigenvalue weighted by molar-refractivity contribution is 7.80. The Kier molecular flexibility index (Phi) is 6.99. The number of nitrogens with one attached hydrogen (secondary N) is 2. The Morgan fingerprint density at radius 2 is 1.89 bits per heavy atom. The average molecular weight is 405 g/mol. The van der Waals surface area contributed by atoms with Crippen molar-refractivity contribution in [3.05, 3.63) is 64.0 Å². The first-order valence-electron chi connectivity index (χ1n) is 7.80. The highest BCUT2D eigenvalue weighted by Crippen LogP contribution is 2.28. The lowest BCUT2D eigenvalue weighted by molar-refractivity contribution is -0.384. The number of halogens is 1. The van der Waals surface area contributed by atoms with Gasteiger partial charge in [-0.2, -0.15) is 0 Å². The van der Waals surface area contributed by atoms with Gasteiger partial charge in [-0.25, -0.2) is 4.39 Å². The van der Waals surface area contributed by atoms with E-state index in [2.05, 4.69) is 10.6 Å². The first kappa shape index (κ1) is 20.8. The number of hydrogen-bond donors (Lipinski definition) is 2. The fourth-order valence-corrected chi connectivity index (χ4v) is 2.37. The highest BCUT2D eigenvalue weighted by Gasteiger charge is 2.12. The van der Waals surface area contributed by atoms with E-state index in [0.29, 0.717) is 17.1 Å². The summed E-state index contributed by atoms with van der Waals surface area (Å²) in [6.07, 6.45) is 2.74. The van der Waals surface area contributed by atoms with Crippen LogP contribution in [0.15, 0.2) is 42.5 Å². The van der Waals surface area contributed by atoms with E-state index >= 15 is 0 Å². The van der Waals surface area contributed by atoms with Gasteiger partial charge in [0.1, 0.15) is 5.82 Å². The minimum atomic E-state index is -0.747. The summed E-state index contributed by atoms with van der Waals surface area (Å²) in [5, 5.41) is 15.3. The molecule has 2 N–H and O–H groups in total. The molecule has 0 aliphatic heterocycles. The van der Waals surface area contributed by atoms with Crippen molar-refractivity contribution in [2.45, 2.75) is 0 Å². The molecule has 2 aromatic rings. The smallest absolute Gasteiger partial charge is 0.271 e. The number of carbonyl (C=O) groups is 1. The number of thiocarbonyl (C=S) groups is 1. The van der Waals surface area contributed by atoms with Gasteiger partial charge in [0, 0.05) is 18.2 Å². The van der Waals surface area contributed by atoms with Gasteiger partial charge in [-0.3, -0.25) is 20.2 Å². The Labute approximate surface area is 165 Å². The number of nitrogens with zero attached hydrogens (tertiary/aromatic N) is 1. The van der Waals surface area contributed by atoms with Crippen molar-refractivity contribution < 1.29 is 23.6 Å². The van der Waals surface area contributed by atoms with Crippen molar-refractivity contribution in [1.82, 2.24) is 5.32 Å². The lowest BCUT2D eigenvalue weighted by atomic mass is 10.2. The van der Waals surface area contributed by atoms with Gasteiger partial charge in [0.2, 0.25) is 5.91 Å². The van der Waals surface area contributed by atoms with E-state index in [1.54, 1.807) is 18.2 Å². The summed E-state index contributed by atoms with van der Waals surface area (Å²) in [5.74, 6) is -0.266. The Morgan fingerprint density at radius 1 is 1.18 bits per heavy atom. The molecule has 0 heterocycles. The van der Waals surface area contributed by atoms with Gasteiger partial charge in [0.25, 0.3) is 5.69 Å². The fourth-order valence-electron chi connectivity index (χ4n) is 2.16. The zero-order chi connectivity index (χ0) is 20.7. The lowest BCUT2D eigenvalue weighted by Gasteiger charge is -2.09. The minimum absolute atomic E-state index is 0.207. The van der Waals surface area contributed by atoms with E-state index in [9.17, 15) is 19.3 Å². The highest BCUT2D eigenvalue weighted by atomic mass is 32.1. The topological polar surface area (TPSA) is 103 Å². The lowest BCUT2D eigenvalue weighted by Crippen LogP contribution is -2.33. The standard InChI is InChI=1S/C18H16FN3O5S/c1-26-15-7-3-11(9-16(15)27-2)4-8-17(23)21-18(28)20-14-10-12(22(24)25)5-6-13(14)19/h3-10H,1-2H3,(H2,20,21,23,28). The number of amides is 1. The number of carbonyl (C=O) groups excluding carboxylic acids is 1. The Hall–Kier alpha value is -3.53. The third kappa shape index (κ3) is 5.48. The van der Waals surface area contributed by atoms with Crippen LogP contribution in [0, 0.1) is 15.9 Å². The summed E-state index contributed by atoms with van der Waals surface area (Å²) >= 11 is 4.93. The molecule has 0 bridgehead atoms. The molecule has 10 heteroatoms. The maximum atomic E-state index is 13.7. The maximum Gasteiger partial charge on any atom is 0.271 e. The average Bonchev–Trinajstić information content (AvgIpc) is 2.67. The number of anilines is 1. The molecule has 0 unspecified atom stereocenters. The van der Waals surface area contributed by atoms with Crippen LogP contribution in [0.1, 0.15) is 5.56 Å². The van der Waals surface area contributed by atoms with E-state index in [4.69, 9.17) is 21.7 Å². The van der Waals surface area contributed by atoms with Crippen LogP contribution in [-0.2, 0) is 4.79 Å². The predicted molar refractivity (Wildman–Crippen MR) is 106 cm³/mol. The number of ether oxygens (including phenoxy) is 2. The van der Waals surface area contributed by atoms with Crippen LogP contribution in [0.5, 0.6) is 11.5 Å². The molecule has 0 aromatic heterocycles. The largest absolute Gasteiger partial charge is 0.493 e. The van der Waals surface area contributed by atoms with Crippen molar-refractivity contribution in [2.75, 3.05) is 19.5 Å². The van der Waals surface area contributed by atoms with Crippen LogP contribution in [0.4, 0.5) is 15.8 Å². The van der Waals surface area contributed by atoms with Gasteiger partial charge in [-0.1, -0.05) is 6.07 Å². The number of non-ortho nitro benzene ring substituents is 1. The zero-order valence-electron chi connectivity index (χ0n) is 14.9. The molecule has 2 aromatic carbocycles. The van der Waals surface area contributed by atoms with Crippen molar-refractivity contribution >= 4 is 40.7 Å². The van der Waals surface area contributed by atoms with E-state index in [1.165, 1.54) is 26.4 Å². The van der Waals surface area contributed by atoms with Gasteiger partial charge in [0.05, 0.1) is 24.8 Å². The number of rotatable bonds is 6. The minimum Gasteiger partial charge on any atom is -0.493 e. The molecule has 2 rings (SSSR count). The molecule has 146 valence electrons. The quantitative estimate of drug-likeness (QED) is 0.329. The second kappa shape index (κ2) is 9.42. The van der Waals surface area contributed by atoms with Crippen molar-refractivity contribution in [2.24, 2.45) is 0 Å². The molecular formula is C18H16FN3O5S. The monoisotopic (exact) mass is 405 g/mol. The van der Waals surface area contributed by atoms with Crippen molar-refractivity contribution in [3.63, 3.8) is 0 Å². The summed E-state index contributed by atoms with van der Waals surface area (Å²) in [5.41, 5.74) is 0.145. The molecule has 0 saturated heterocycles. The van der Waals surface area contributed by atoms with Crippen LogP contribution in [0.2, 0.25) is 0 Å². The third-order valence-electron chi connectivity index (χ3n) is 3.48. The van der Waals surface area contributed by atoms with E-state index in [0.717, 1.165) is 18.2 Å². The van der Waals surface area contributed by atoms with Crippen LogP contribution in [-0.4, -0.2) is 30.2 Å². The second-order valence-corrected chi connectivity index (χ2v) is 5.72. The summed E-state index contributed by atoms with van der Waals surface area (Å²) in [6.45, 7) is 0. The summed E-state index contributed by atoms with van der Waals surface area (Å²) in [4.78, 5) is 22.1. The molecule has 0 spiro atoms. The number of benzene rings is 2. The molecule has 0 radical (unpaired) electrons. The molecular weight excluding hydrogens is 389 g/mol. The van der Waals surface area contributed by atoms with Crippen LogP contribution in [0.25, 0.3) is 6.08 Å². The summed E-state index contributed by atoms with van der Waals surface area (Å²) in [6, 6.07) is 8.02. The van der Waals surface area contributed by atoms with Crippen molar-refractivity contribution in [1.29, 1.82) is 0 Å². The van der Waals surface area contributed by atoms with Gasteiger partial charge >= 0.3 is 0 Å². The van der Waals surface area contributed by atoms with E-state index in [1.807, 2.05) is 0 Å². The van der Waals surface area contributed by atoms with E-state index in [-0.39, 0.29) is 16.5 Å². The van der Waals surface area contributed by atoms with E-state index < -0.39 is 16.6 Å². The summed E-state index contributed by atoms with van der Waals surface area (Å²) in [7, 11) is 3.01. The normalized spacial score (nSPS) is 10.4. The second-order valence-electron chi connectivity index (χ2n) is 5.31. The number of nitro benzene ring substituents is 1. The first-order chi connectivity index (χ1) is 13.3. The Balaban J connectivity index is 2.01. The van der Waals surface area contributed by atoms with Gasteiger partial charge in [0.15, 0.2) is 16.6 Å². The predicted octanol–water partition coefficient (Wildman–Crippen LogP) is 3.28. The number of nitro groups is 1. The molecule has 1 amide bonds. The molecule has 0 fully saturated rings. The zero-order valence-corrected chi connectivity index (χ0v) is 15.7. The molecule has 28 heavy (non-hydrogen) atoms.